The summed E-state index contributed by atoms with van der Waals surface area (Å²) in [5.41, 5.74) is 5.12. The fourth-order valence-corrected chi connectivity index (χ4v) is 1.24. The van der Waals surface area contributed by atoms with Gasteiger partial charge in [-0.1, -0.05) is 11.6 Å². The number of carbonyl (C=O) groups excluding carboxylic acids is 2. The summed E-state index contributed by atoms with van der Waals surface area (Å²) < 4.78 is 5.04. The molecule has 3 amide bonds. The Morgan fingerprint density at radius 1 is 1.53 bits per heavy atom. The number of rotatable bonds is 3. The lowest BCUT2D eigenvalue weighted by atomic mass is 10.2. The van der Waals surface area contributed by atoms with Crippen LogP contribution in [0, 0.1) is 11.3 Å². The first-order valence-corrected chi connectivity index (χ1v) is 4.82. The molecular weight excluding hydrogens is 246 g/mol. The van der Waals surface area contributed by atoms with Crippen LogP contribution in [0.4, 0.5) is 4.79 Å². The molecule has 1 aromatic rings. The SMILES string of the molecule is N#Cc1ccc(OCC(=O)NC(N)=O)c(Cl)c1. The van der Waals surface area contributed by atoms with Crippen LogP contribution in [-0.2, 0) is 4.79 Å². The number of nitrogens with zero attached hydrogens (tertiary/aromatic N) is 1. The van der Waals surface area contributed by atoms with Crippen LogP contribution >= 0.6 is 11.6 Å². The second kappa shape index (κ2) is 5.72. The van der Waals surface area contributed by atoms with Gasteiger partial charge in [0.25, 0.3) is 5.91 Å². The van der Waals surface area contributed by atoms with Gasteiger partial charge in [0.2, 0.25) is 0 Å². The zero-order valence-electron chi connectivity index (χ0n) is 8.57. The van der Waals surface area contributed by atoms with Crippen LogP contribution in [0.5, 0.6) is 5.75 Å². The number of halogens is 1. The monoisotopic (exact) mass is 253 g/mol. The Hall–Kier alpha value is -2.26. The van der Waals surface area contributed by atoms with Gasteiger partial charge < -0.3 is 10.5 Å². The van der Waals surface area contributed by atoms with Crippen LogP contribution in [0.3, 0.4) is 0 Å². The first kappa shape index (κ1) is 12.8. The second-order valence-corrected chi connectivity index (χ2v) is 3.37. The number of carbonyl (C=O) groups is 2. The molecule has 0 bridgehead atoms. The molecule has 0 atom stereocenters. The van der Waals surface area contributed by atoms with E-state index in [1.807, 2.05) is 11.4 Å². The Kier molecular flexibility index (Phi) is 4.31. The molecule has 0 aromatic heterocycles. The maximum Gasteiger partial charge on any atom is 0.318 e. The standard InChI is InChI=1S/C10H8ClN3O3/c11-7-3-6(4-12)1-2-8(7)17-5-9(15)14-10(13)16/h1-3H,5H2,(H3,13,14,15,16). The third kappa shape index (κ3) is 4.01. The van der Waals surface area contributed by atoms with Crippen molar-refractivity contribution in [3.63, 3.8) is 0 Å². The van der Waals surface area contributed by atoms with Gasteiger partial charge in [0.1, 0.15) is 5.75 Å². The summed E-state index contributed by atoms with van der Waals surface area (Å²) in [7, 11) is 0. The lowest BCUT2D eigenvalue weighted by molar-refractivity contribution is -0.121. The van der Waals surface area contributed by atoms with Gasteiger partial charge in [-0.05, 0) is 18.2 Å². The van der Waals surface area contributed by atoms with E-state index in [2.05, 4.69) is 0 Å². The van der Waals surface area contributed by atoms with Crippen molar-refractivity contribution in [2.45, 2.75) is 0 Å². The number of nitriles is 1. The van der Waals surface area contributed by atoms with Gasteiger partial charge >= 0.3 is 6.03 Å². The molecule has 6 nitrogen and oxygen atoms in total. The molecule has 88 valence electrons. The van der Waals surface area contributed by atoms with Crippen molar-refractivity contribution >= 4 is 23.5 Å². The fraction of sp³-hybridized carbons (Fsp3) is 0.100. The molecule has 0 spiro atoms. The van der Waals surface area contributed by atoms with Crippen molar-refractivity contribution in [3.05, 3.63) is 28.8 Å². The Morgan fingerprint density at radius 3 is 2.76 bits per heavy atom. The molecule has 7 heteroatoms. The molecular formula is C10H8ClN3O3. The van der Waals surface area contributed by atoms with Crippen molar-refractivity contribution in [2.24, 2.45) is 5.73 Å². The van der Waals surface area contributed by atoms with E-state index < -0.39 is 18.5 Å². The molecule has 0 aliphatic rings. The first-order valence-electron chi connectivity index (χ1n) is 4.44. The average molecular weight is 254 g/mol. The maximum atomic E-state index is 11.0. The molecule has 0 saturated carbocycles. The largest absolute Gasteiger partial charge is 0.482 e. The van der Waals surface area contributed by atoms with Crippen molar-refractivity contribution in [1.82, 2.24) is 5.32 Å². The van der Waals surface area contributed by atoms with E-state index in [1.165, 1.54) is 18.2 Å². The normalized spacial score (nSPS) is 9.18. The van der Waals surface area contributed by atoms with Crippen LogP contribution in [0.25, 0.3) is 0 Å². The summed E-state index contributed by atoms with van der Waals surface area (Å²) in [5.74, 6) is -0.441. The van der Waals surface area contributed by atoms with Crippen molar-refractivity contribution < 1.29 is 14.3 Å². The van der Waals surface area contributed by atoms with Gasteiger partial charge in [0, 0.05) is 0 Å². The van der Waals surface area contributed by atoms with E-state index in [0.29, 0.717) is 5.56 Å². The molecule has 0 aliphatic carbocycles. The highest BCUT2D eigenvalue weighted by atomic mass is 35.5. The van der Waals surface area contributed by atoms with Gasteiger partial charge in [0.05, 0.1) is 16.7 Å². The van der Waals surface area contributed by atoms with Gasteiger partial charge in [-0.3, -0.25) is 10.1 Å². The number of hydrogen-bond acceptors (Lipinski definition) is 4. The Morgan fingerprint density at radius 2 is 2.24 bits per heavy atom. The van der Waals surface area contributed by atoms with E-state index in [1.54, 1.807) is 0 Å². The van der Waals surface area contributed by atoms with Gasteiger partial charge in [0.15, 0.2) is 6.61 Å². The van der Waals surface area contributed by atoms with Gasteiger partial charge in [-0.15, -0.1) is 0 Å². The predicted octanol–water partition coefficient (Wildman–Crippen LogP) is 0.785. The molecule has 1 aromatic carbocycles. The highest BCUT2D eigenvalue weighted by Crippen LogP contribution is 2.24. The van der Waals surface area contributed by atoms with E-state index >= 15 is 0 Å². The number of ether oxygens (including phenoxy) is 1. The van der Waals surface area contributed by atoms with E-state index in [9.17, 15) is 9.59 Å². The Bertz CT molecular complexity index is 496. The zero-order chi connectivity index (χ0) is 12.8. The molecule has 0 heterocycles. The number of nitrogens with one attached hydrogen (secondary N) is 1. The molecule has 0 fully saturated rings. The fourth-order valence-electron chi connectivity index (χ4n) is 1.00. The zero-order valence-corrected chi connectivity index (χ0v) is 9.32. The number of hydrogen-bond donors (Lipinski definition) is 2. The van der Waals surface area contributed by atoms with Crippen molar-refractivity contribution in [1.29, 1.82) is 5.26 Å². The van der Waals surface area contributed by atoms with Gasteiger partial charge in [-0.2, -0.15) is 5.26 Å². The summed E-state index contributed by atoms with van der Waals surface area (Å²) in [4.78, 5) is 21.4. The molecule has 1 rings (SSSR count). The third-order valence-corrected chi connectivity index (χ3v) is 1.98. The molecule has 17 heavy (non-hydrogen) atoms. The van der Waals surface area contributed by atoms with Crippen molar-refractivity contribution in [3.8, 4) is 11.8 Å². The molecule has 0 unspecified atom stereocenters. The smallest absolute Gasteiger partial charge is 0.318 e. The maximum absolute atomic E-state index is 11.0. The Balaban J connectivity index is 2.61. The quantitative estimate of drug-likeness (QED) is 0.830. The number of urea groups is 1. The summed E-state index contributed by atoms with van der Waals surface area (Å²) >= 11 is 5.80. The number of primary amides is 1. The number of nitrogens with two attached hydrogens (primary N) is 1. The lowest BCUT2D eigenvalue weighted by Crippen LogP contribution is -2.38. The van der Waals surface area contributed by atoms with Crippen LogP contribution in [-0.4, -0.2) is 18.5 Å². The summed E-state index contributed by atoms with van der Waals surface area (Å²) in [6, 6.07) is 5.31. The van der Waals surface area contributed by atoms with Crippen LogP contribution in [0.1, 0.15) is 5.56 Å². The predicted molar refractivity (Wildman–Crippen MR) is 59.4 cm³/mol. The lowest BCUT2D eigenvalue weighted by Gasteiger charge is -2.07. The van der Waals surface area contributed by atoms with Gasteiger partial charge in [-0.25, -0.2) is 4.79 Å². The third-order valence-electron chi connectivity index (χ3n) is 1.68. The van der Waals surface area contributed by atoms with Crippen LogP contribution < -0.4 is 15.8 Å². The Labute approximate surface area is 102 Å². The minimum atomic E-state index is -0.954. The summed E-state index contributed by atoms with van der Waals surface area (Å²) in [5, 5.41) is 10.6. The molecule has 0 aliphatic heterocycles. The number of benzene rings is 1. The number of imide groups is 1. The minimum Gasteiger partial charge on any atom is -0.482 e. The minimum absolute atomic E-state index is 0.205. The second-order valence-electron chi connectivity index (χ2n) is 2.96. The topological polar surface area (TPSA) is 105 Å². The van der Waals surface area contributed by atoms with E-state index in [4.69, 9.17) is 27.3 Å². The molecule has 0 radical (unpaired) electrons. The average Bonchev–Trinajstić information content (AvgIpc) is 2.26. The number of amides is 3. The van der Waals surface area contributed by atoms with E-state index in [0.717, 1.165) is 0 Å². The summed E-state index contributed by atoms with van der Waals surface area (Å²) in [6.45, 7) is -0.394. The van der Waals surface area contributed by atoms with Crippen LogP contribution in [0.2, 0.25) is 5.02 Å². The first-order chi connectivity index (χ1) is 8.02. The molecule has 0 saturated heterocycles. The molecule has 3 N–H and O–H groups in total. The van der Waals surface area contributed by atoms with E-state index in [-0.39, 0.29) is 10.8 Å². The summed E-state index contributed by atoms with van der Waals surface area (Å²) in [6.07, 6.45) is 0. The highest BCUT2D eigenvalue weighted by Gasteiger charge is 2.07. The van der Waals surface area contributed by atoms with Crippen molar-refractivity contribution in [2.75, 3.05) is 6.61 Å². The highest BCUT2D eigenvalue weighted by molar-refractivity contribution is 6.32. The van der Waals surface area contributed by atoms with Crippen LogP contribution in [0.15, 0.2) is 18.2 Å².